The van der Waals surface area contributed by atoms with Gasteiger partial charge in [0.15, 0.2) is 17.5 Å². The van der Waals surface area contributed by atoms with Crippen LogP contribution in [-0.2, 0) is 5.41 Å². The quantitative estimate of drug-likeness (QED) is 0.167. The molecule has 4 nitrogen and oxygen atoms in total. The van der Waals surface area contributed by atoms with Gasteiger partial charge < -0.3 is 0 Å². The Morgan fingerprint density at radius 1 is 0.458 bits per heavy atom. The average Bonchev–Trinajstić information content (AvgIpc) is 3.70. The average molecular weight is 777 g/mol. The lowest BCUT2D eigenvalue weighted by molar-refractivity contribution is -0.0399. The first-order chi connectivity index (χ1) is 28.9. The summed E-state index contributed by atoms with van der Waals surface area (Å²) >= 11 is 0. The Kier molecular flexibility index (Phi) is 7.03. The number of rotatable bonds is 4. The molecule has 0 saturated heterocycles. The summed E-state index contributed by atoms with van der Waals surface area (Å²) in [6, 6.07) is 53.5. The Bertz CT molecular complexity index is 3030. The van der Waals surface area contributed by atoms with Crippen LogP contribution in [0.3, 0.4) is 0 Å². The maximum Gasteiger partial charge on any atom is 0.182 e. The number of para-hydroxylation sites is 1. The number of hydrogen-bond donors (Lipinski definition) is 0. The monoisotopic (exact) mass is 776 g/mol. The van der Waals surface area contributed by atoms with E-state index in [0.29, 0.717) is 29.3 Å². The molecule has 1 aliphatic heterocycles. The maximum atomic E-state index is 5.23. The van der Waals surface area contributed by atoms with E-state index < -0.39 is 8.07 Å². The standard InChI is InChI=1S/C54H44N4Si/c1-59(2)47-19-11-9-17-42(47)50-48(59)25-23-43-49(50)41-22-20-36(31-44(41)54(43)37-27-32-26-33(29-37)30-38(54)28-32)39-15-7-8-16-40(39)52-56-51(35-13-4-3-5-14-35)57-53(58-52)46-24-21-34-12-6-10-18-45(34)55-46/h3-25,31-33,37-38H,26-30H2,1-2H3. The molecule has 0 N–H and O–H groups in total. The van der Waals surface area contributed by atoms with E-state index in [0.717, 1.165) is 45.1 Å². The summed E-state index contributed by atoms with van der Waals surface area (Å²) in [5.41, 5.74) is 15.3. The van der Waals surface area contributed by atoms with Gasteiger partial charge in [-0.1, -0.05) is 140 Å². The van der Waals surface area contributed by atoms with Crippen molar-refractivity contribution in [3.8, 4) is 67.7 Å². The first kappa shape index (κ1) is 33.9. The predicted octanol–water partition coefficient (Wildman–Crippen LogP) is 11.6. The van der Waals surface area contributed by atoms with Gasteiger partial charge in [-0.2, -0.15) is 0 Å². The van der Waals surface area contributed by atoms with Crippen molar-refractivity contribution in [1.29, 1.82) is 0 Å². The molecule has 0 radical (unpaired) electrons. The number of nitrogens with zero attached hydrogens (tertiary/aromatic N) is 4. The summed E-state index contributed by atoms with van der Waals surface area (Å²) in [6.45, 7) is 5.12. The largest absolute Gasteiger partial charge is 0.244 e. The van der Waals surface area contributed by atoms with Crippen molar-refractivity contribution in [1.82, 2.24) is 19.9 Å². The van der Waals surface area contributed by atoms with Crippen LogP contribution in [0.4, 0.5) is 0 Å². The van der Waals surface area contributed by atoms with Crippen LogP contribution < -0.4 is 10.4 Å². The molecular formula is C54H44N4Si. The highest BCUT2D eigenvalue weighted by Crippen LogP contribution is 2.70. The summed E-state index contributed by atoms with van der Waals surface area (Å²) in [6.07, 6.45) is 6.89. The first-order valence-corrected chi connectivity index (χ1v) is 24.7. The van der Waals surface area contributed by atoms with Crippen LogP contribution >= 0.6 is 0 Å². The number of benzene rings is 6. The molecular weight excluding hydrogens is 733 g/mol. The summed E-state index contributed by atoms with van der Waals surface area (Å²) < 4.78 is 0. The number of pyridine rings is 1. The fourth-order valence-corrected chi connectivity index (χ4v) is 16.2. The molecule has 0 amide bonds. The van der Waals surface area contributed by atoms with E-state index in [1.54, 1.807) is 32.6 Å². The van der Waals surface area contributed by atoms with E-state index in [1.165, 1.54) is 48.8 Å². The third-order valence-electron chi connectivity index (χ3n) is 15.3. The van der Waals surface area contributed by atoms with Crippen LogP contribution in [0.2, 0.25) is 13.1 Å². The summed E-state index contributed by atoms with van der Waals surface area (Å²) in [5, 5.41) is 4.29. The molecule has 6 aliphatic rings. The van der Waals surface area contributed by atoms with E-state index in [2.05, 4.69) is 116 Å². The lowest BCUT2D eigenvalue weighted by Crippen LogP contribution is -2.55. The SMILES string of the molecule is C[Si]1(C)c2ccccc2-c2c1ccc1c2-c2ccc(-c3ccccc3-c3nc(-c4ccccc4)nc(-c4ccc5ccccc5n4)n3)cc2C12C1CC3CC(C1)CC2C3. The molecule has 8 aromatic rings. The minimum Gasteiger partial charge on any atom is -0.244 e. The molecule has 3 heterocycles. The van der Waals surface area contributed by atoms with E-state index in [9.17, 15) is 0 Å². The van der Waals surface area contributed by atoms with Gasteiger partial charge in [0.2, 0.25) is 0 Å². The van der Waals surface area contributed by atoms with Crippen LogP contribution in [0.1, 0.15) is 43.2 Å². The van der Waals surface area contributed by atoms with Crippen molar-refractivity contribution >= 4 is 29.4 Å². The highest BCUT2D eigenvalue weighted by Gasteiger charge is 2.62. The second-order valence-electron chi connectivity index (χ2n) is 18.6. The molecule has 4 fully saturated rings. The summed E-state index contributed by atoms with van der Waals surface area (Å²) in [7, 11) is -1.84. The fraction of sp³-hybridized carbons (Fsp3) is 0.222. The molecule has 5 heteroatoms. The van der Waals surface area contributed by atoms with Crippen LogP contribution in [0, 0.1) is 23.7 Å². The molecule has 6 aromatic carbocycles. The highest BCUT2D eigenvalue weighted by molar-refractivity contribution is 7.04. The Hall–Kier alpha value is -6.04. The number of hydrogen-bond acceptors (Lipinski definition) is 4. The predicted molar refractivity (Wildman–Crippen MR) is 242 cm³/mol. The van der Waals surface area contributed by atoms with Crippen LogP contribution in [-0.4, -0.2) is 28.0 Å². The van der Waals surface area contributed by atoms with E-state index in [1.807, 2.05) is 42.5 Å². The topological polar surface area (TPSA) is 51.6 Å². The molecule has 5 aliphatic carbocycles. The number of aromatic nitrogens is 4. The molecule has 4 saturated carbocycles. The van der Waals surface area contributed by atoms with Gasteiger partial charge in [0, 0.05) is 21.9 Å². The van der Waals surface area contributed by atoms with Crippen LogP contribution in [0.5, 0.6) is 0 Å². The lowest BCUT2D eigenvalue weighted by Gasteiger charge is -2.61. The normalized spacial score (nSPS) is 23.6. The van der Waals surface area contributed by atoms with E-state index in [-0.39, 0.29) is 5.41 Å². The molecule has 0 unspecified atom stereocenters. The molecule has 284 valence electrons. The Morgan fingerprint density at radius 2 is 1.14 bits per heavy atom. The minimum atomic E-state index is -1.84. The molecule has 59 heavy (non-hydrogen) atoms. The van der Waals surface area contributed by atoms with Crippen molar-refractivity contribution in [2.24, 2.45) is 23.7 Å². The van der Waals surface area contributed by atoms with Gasteiger partial charge in [0.05, 0.1) is 5.52 Å². The molecule has 0 atom stereocenters. The maximum absolute atomic E-state index is 5.23. The molecule has 2 aromatic heterocycles. The zero-order valence-corrected chi connectivity index (χ0v) is 34.5. The van der Waals surface area contributed by atoms with Crippen molar-refractivity contribution < 1.29 is 0 Å². The van der Waals surface area contributed by atoms with E-state index >= 15 is 0 Å². The van der Waals surface area contributed by atoms with Gasteiger partial charge in [-0.3, -0.25) is 0 Å². The Morgan fingerprint density at radius 3 is 1.95 bits per heavy atom. The fourth-order valence-electron chi connectivity index (χ4n) is 13.1. The minimum absolute atomic E-state index is 0.0455. The zero-order chi connectivity index (χ0) is 39.0. The van der Waals surface area contributed by atoms with Gasteiger partial charge in [-0.15, -0.1) is 0 Å². The van der Waals surface area contributed by atoms with Gasteiger partial charge in [-0.25, -0.2) is 19.9 Å². The van der Waals surface area contributed by atoms with Crippen LogP contribution in [0.15, 0.2) is 146 Å². The third-order valence-corrected chi connectivity index (χ3v) is 18.9. The molecule has 4 bridgehead atoms. The number of fused-ring (bicyclic) bond motifs is 8. The van der Waals surface area contributed by atoms with Gasteiger partial charge >= 0.3 is 0 Å². The Labute approximate surface area is 346 Å². The Balaban J connectivity index is 1.02. The van der Waals surface area contributed by atoms with Gasteiger partial charge in [0.1, 0.15) is 13.8 Å². The summed E-state index contributed by atoms with van der Waals surface area (Å²) in [5.74, 6) is 5.01. The third kappa shape index (κ3) is 4.71. The second-order valence-corrected chi connectivity index (χ2v) is 22.9. The zero-order valence-electron chi connectivity index (χ0n) is 33.5. The second kappa shape index (κ2) is 12.2. The van der Waals surface area contributed by atoms with Crippen molar-refractivity contribution in [2.75, 3.05) is 0 Å². The van der Waals surface area contributed by atoms with Crippen molar-refractivity contribution in [2.45, 2.75) is 50.6 Å². The lowest BCUT2D eigenvalue weighted by atomic mass is 9.43. The van der Waals surface area contributed by atoms with Crippen LogP contribution in [0.25, 0.3) is 78.6 Å². The van der Waals surface area contributed by atoms with Crippen molar-refractivity contribution in [3.05, 3.63) is 157 Å². The molecule has 1 spiro atoms. The smallest absolute Gasteiger partial charge is 0.182 e. The van der Waals surface area contributed by atoms with Crippen molar-refractivity contribution in [3.63, 3.8) is 0 Å². The highest BCUT2D eigenvalue weighted by atomic mass is 28.3. The van der Waals surface area contributed by atoms with E-state index in [4.69, 9.17) is 19.9 Å². The first-order valence-electron chi connectivity index (χ1n) is 21.7. The molecule has 14 rings (SSSR count). The van der Waals surface area contributed by atoms with Gasteiger partial charge in [-0.05, 0) is 129 Å². The summed E-state index contributed by atoms with van der Waals surface area (Å²) in [4.78, 5) is 20.5. The van der Waals surface area contributed by atoms with Gasteiger partial charge in [0.25, 0.3) is 0 Å².